The molecule has 2 N–H and O–H groups in total. The number of carboxylic acids is 1. The summed E-state index contributed by atoms with van der Waals surface area (Å²) >= 11 is 0. The molecule has 84 valence electrons. The van der Waals surface area contributed by atoms with Crippen molar-refractivity contribution in [3.05, 3.63) is 41.6 Å². The lowest BCUT2D eigenvalue weighted by Crippen LogP contribution is -2.31. The van der Waals surface area contributed by atoms with E-state index in [-0.39, 0.29) is 6.42 Å². The predicted octanol–water partition coefficient (Wildman–Crippen LogP) is 1.76. The summed E-state index contributed by atoms with van der Waals surface area (Å²) in [4.78, 5) is 10.7. The Balaban J connectivity index is 2.08. The highest BCUT2D eigenvalue weighted by atomic mass is 16.4. The maximum absolute atomic E-state index is 10.7. The van der Waals surface area contributed by atoms with E-state index in [1.54, 1.807) is 0 Å². The zero-order valence-electron chi connectivity index (χ0n) is 9.10. The fourth-order valence-electron chi connectivity index (χ4n) is 1.77. The standard InChI is InChI=1S/C12H14N2O2/c1-9-10(7-12(15)16)8-14(13-9)11-5-3-2-4-6-11/h2-6,13H,7-8H2,1H3,(H,15,16). The zero-order chi connectivity index (χ0) is 11.5. The van der Waals surface area contributed by atoms with Gasteiger partial charge in [-0.15, -0.1) is 0 Å². The lowest BCUT2D eigenvalue weighted by molar-refractivity contribution is -0.136. The summed E-state index contributed by atoms with van der Waals surface area (Å²) in [5.74, 6) is -0.786. The molecule has 0 unspecified atom stereocenters. The topological polar surface area (TPSA) is 52.6 Å². The first-order chi connectivity index (χ1) is 7.66. The molecule has 1 aliphatic heterocycles. The number of rotatable bonds is 3. The summed E-state index contributed by atoms with van der Waals surface area (Å²) < 4.78 is 0. The second kappa shape index (κ2) is 4.26. The minimum Gasteiger partial charge on any atom is -0.481 e. The largest absolute Gasteiger partial charge is 0.481 e. The lowest BCUT2D eigenvalue weighted by atomic mass is 10.1. The molecule has 0 aliphatic carbocycles. The van der Waals surface area contributed by atoms with Gasteiger partial charge in [0, 0.05) is 5.70 Å². The fraction of sp³-hybridized carbons (Fsp3) is 0.250. The van der Waals surface area contributed by atoms with Crippen LogP contribution in [0, 0.1) is 0 Å². The zero-order valence-corrected chi connectivity index (χ0v) is 9.10. The third-order valence-electron chi connectivity index (χ3n) is 2.61. The Labute approximate surface area is 94.2 Å². The number of allylic oxidation sites excluding steroid dienone is 1. The molecule has 0 saturated heterocycles. The van der Waals surface area contributed by atoms with Crippen molar-refractivity contribution in [2.24, 2.45) is 0 Å². The van der Waals surface area contributed by atoms with Crippen LogP contribution in [0.3, 0.4) is 0 Å². The van der Waals surface area contributed by atoms with Crippen LogP contribution in [0.15, 0.2) is 41.6 Å². The van der Waals surface area contributed by atoms with E-state index in [1.165, 1.54) is 0 Å². The molecular formula is C12H14N2O2. The van der Waals surface area contributed by atoms with Crippen LogP contribution in [-0.4, -0.2) is 17.6 Å². The molecule has 1 aromatic rings. The Morgan fingerprint density at radius 3 is 2.75 bits per heavy atom. The molecule has 0 fully saturated rings. The van der Waals surface area contributed by atoms with Gasteiger partial charge in [-0.1, -0.05) is 18.2 Å². The van der Waals surface area contributed by atoms with Gasteiger partial charge in [-0.25, -0.2) is 0 Å². The molecule has 0 amide bonds. The normalized spacial score (nSPS) is 15.2. The van der Waals surface area contributed by atoms with Crippen LogP contribution in [0.1, 0.15) is 13.3 Å². The van der Waals surface area contributed by atoms with Crippen LogP contribution < -0.4 is 10.4 Å². The third kappa shape index (κ3) is 2.16. The number of anilines is 1. The molecule has 4 nitrogen and oxygen atoms in total. The Morgan fingerprint density at radius 2 is 2.12 bits per heavy atom. The quantitative estimate of drug-likeness (QED) is 0.811. The molecule has 1 heterocycles. The molecule has 1 aliphatic rings. The predicted molar refractivity (Wildman–Crippen MR) is 61.9 cm³/mol. The van der Waals surface area contributed by atoms with Gasteiger partial charge in [0.15, 0.2) is 0 Å². The van der Waals surface area contributed by atoms with Crippen molar-refractivity contribution >= 4 is 11.7 Å². The van der Waals surface area contributed by atoms with Gasteiger partial charge in [0.25, 0.3) is 0 Å². The maximum Gasteiger partial charge on any atom is 0.307 e. The minimum absolute atomic E-state index is 0.0994. The van der Waals surface area contributed by atoms with Gasteiger partial charge >= 0.3 is 5.97 Å². The molecule has 4 heteroatoms. The summed E-state index contributed by atoms with van der Waals surface area (Å²) in [6.45, 7) is 2.53. The molecule has 0 radical (unpaired) electrons. The monoisotopic (exact) mass is 218 g/mol. The highest BCUT2D eigenvalue weighted by Gasteiger charge is 2.20. The smallest absolute Gasteiger partial charge is 0.307 e. The first-order valence-corrected chi connectivity index (χ1v) is 5.16. The summed E-state index contributed by atoms with van der Waals surface area (Å²) in [6, 6.07) is 9.86. The van der Waals surface area contributed by atoms with E-state index in [0.29, 0.717) is 6.54 Å². The van der Waals surface area contributed by atoms with E-state index in [4.69, 9.17) is 5.11 Å². The first-order valence-electron chi connectivity index (χ1n) is 5.16. The van der Waals surface area contributed by atoms with Crippen molar-refractivity contribution in [3.8, 4) is 0 Å². The third-order valence-corrected chi connectivity index (χ3v) is 2.61. The van der Waals surface area contributed by atoms with Crippen molar-refractivity contribution in [2.45, 2.75) is 13.3 Å². The fourth-order valence-corrected chi connectivity index (χ4v) is 1.77. The van der Waals surface area contributed by atoms with Crippen LogP contribution in [0.4, 0.5) is 5.69 Å². The van der Waals surface area contributed by atoms with E-state index < -0.39 is 5.97 Å². The Hall–Kier alpha value is -1.97. The van der Waals surface area contributed by atoms with Crippen molar-refractivity contribution in [2.75, 3.05) is 11.6 Å². The Bertz CT molecular complexity index is 426. The van der Waals surface area contributed by atoms with Crippen LogP contribution in [0.5, 0.6) is 0 Å². The molecule has 2 rings (SSSR count). The van der Waals surface area contributed by atoms with E-state index in [9.17, 15) is 4.79 Å². The summed E-state index contributed by atoms with van der Waals surface area (Å²) in [6.07, 6.45) is 0.0994. The lowest BCUT2D eigenvalue weighted by Gasteiger charge is -2.19. The number of carbonyl (C=O) groups is 1. The summed E-state index contributed by atoms with van der Waals surface area (Å²) in [5.41, 5.74) is 6.08. The van der Waals surface area contributed by atoms with Crippen molar-refractivity contribution in [1.82, 2.24) is 5.43 Å². The average molecular weight is 218 g/mol. The number of nitrogens with zero attached hydrogens (tertiary/aromatic N) is 1. The number of nitrogens with one attached hydrogen (secondary N) is 1. The molecule has 0 atom stereocenters. The Kier molecular flexibility index (Phi) is 2.81. The van der Waals surface area contributed by atoms with Crippen molar-refractivity contribution in [3.63, 3.8) is 0 Å². The van der Waals surface area contributed by atoms with Gasteiger partial charge in [0.2, 0.25) is 0 Å². The number of hydrogen-bond donors (Lipinski definition) is 2. The number of benzene rings is 1. The number of carboxylic acid groups (broad SMARTS) is 1. The van der Waals surface area contributed by atoms with E-state index in [0.717, 1.165) is 17.0 Å². The number of aliphatic carboxylic acids is 1. The van der Waals surface area contributed by atoms with E-state index in [2.05, 4.69) is 5.43 Å². The second-order valence-electron chi connectivity index (χ2n) is 3.83. The number of para-hydroxylation sites is 1. The van der Waals surface area contributed by atoms with Gasteiger partial charge < -0.3 is 10.5 Å². The molecule has 0 aromatic heterocycles. The highest BCUT2D eigenvalue weighted by molar-refractivity contribution is 5.71. The van der Waals surface area contributed by atoms with Crippen LogP contribution in [0.25, 0.3) is 0 Å². The molecule has 16 heavy (non-hydrogen) atoms. The number of hydrazine groups is 1. The average Bonchev–Trinajstić information content (AvgIpc) is 2.61. The highest BCUT2D eigenvalue weighted by Crippen LogP contribution is 2.21. The molecule has 0 bridgehead atoms. The molecule has 1 aromatic carbocycles. The van der Waals surface area contributed by atoms with Gasteiger partial charge in [-0.05, 0) is 24.6 Å². The molecule has 0 saturated carbocycles. The van der Waals surface area contributed by atoms with Gasteiger partial charge in [0.05, 0.1) is 18.7 Å². The van der Waals surface area contributed by atoms with Crippen molar-refractivity contribution < 1.29 is 9.90 Å². The SMILES string of the molecule is CC1=C(CC(=O)O)CN(c2ccccc2)N1. The van der Waals surface area contributed by atoms with Crippen LogP contribution in [0.2, 0.25) is 0 Å². The van der Waals surface area contributed by atoms with Crippen LogP contribution in [-0.2, 0) is 4.79 Å². The van der Waals surface area contributed by atoms with E-state index in [1.807, 2.05) is 42.3 Å². The van der Waals surface area contributed by atoms with Gasteiger partial charge in [0.1, 0.15) is 0 Å². The second-order valence-corrected chi connectivity index (χ2v) is 3.83. The molecular weight excluding hydrogens is 204 g/mol. The molecule has 0 spiro atoms. The van der Waals surface area contributed by atoms with Crippen molar-refractivity contribution in [1.29, 1.82) is 0 Å². The summed E-state index contributed by atoms with van der Waals surface area (Å²) in [7, 11) is 0. The van der Waals surface area contributed by atoms with E-state index >= 15 is 0 Å². The number of hydrogen-bond acceptors (Lipinski definition) is 3. The summed E-state index contributed by atoms with van der Waals surface area (Å²) in [5, 5.41) is 10.7. The van der Waals surface area contributed by atoms with Gasteiger partial charge in [-0.3, -0.25) is 9.80 Å². The minimum atomic E-state index is -0.786. The maximum atomic E-state index is 10.7. The Morgan fingerprint density at radius 1 is 1.44 bits per heavy atom. The van der Waals surface area contributed by atoms with Gasteiger partial charge in [-0.2, -0.15) is 0 Å². The first kappa shape index (κ1) is 10.5. The van der Waals surface area contributed by atoms with Crippen LogP contribution >= 0.6 is 0 Å².